The number of carbonyl (C=O) groups is 3. The third-order valence-electron chi connectivity index (χ3n) is 7.70. The summed E-state index contributed by atoms with van der Waals surface area (Å²) in [6, 6.07) is 18.8. The summed E-state index contributed by atoms with van der Waals surface area (Å²) < 4.78 is 10.8. The molecule has 0 saturated heterocycles. The Bertz CT molecular complexity index is 995. The summed E-state index contributed by atoms with van der Waals surface area (Å²) in [4.78, 5) is 36.7. The standard InChI is InChI=1S/C37H55NO5/c1-2-23-34(37(41)43-31-33-26-19-16-20-27-33)38-35(39)28-21-13-11-9-7-5-3-4-6-8-10-12-14-22-29-36(40)42-30-32-24-17-15-18-25-32/h15-20,24-27,34H,2-14,21-23,28-31H2,1H3,(H,38,39). The molecule has 0 radical (unpaired) electrons. The first-order valence-electron chi connectivity index (χ1n) is 16.8. The van der Waals surface area contributed by atoms with Crippen LogP contribution in [0.4, 0.5) is 0 Å². The summed E-state index contributed by atoms with van der Waals surface area (Å²) >= 11 is 0. The van der Waals surface area contributed by atoms with E-state index in [0.717, 1.165) is 49.7 Å². The Kier molecular flexibility index (Phi) is 20.4. The second kappa shape index (κ2) is 24.3. The molecule has 238 valence electrons. The molecule has 0 fully saturated rings. The van der Waals surface area contributed by atoms with Gasteiger partial charge in [-0.1, -0.05) is 151 Å². The lowest BCUT2D eigenvalue weighted by Gasteiger charge is -2.17. The predicted molar refractivity (Wildman–Crippen MR) is 173 cm³/mol. The SMILES string of the molecule is CCCC(NC(=O)CCCCCCCCCCCCCCCCC(=O)OCc1ccccc1)C(=O)OCc1ccccc1. The van der Waals surface area contributed by atoms with Gasteiger partial charge in [0.05, 0.1) is 0 Å². The van der Waals surface area contributed by atoms with Crippen molar-refractivity contribution in [2.24, 2.45) is 0 Å². The quantitative estimate of drug-likeness (QED) is 0.0918. The maximum atomic E-state index is 12.5. The molecular formula is C37H55NO5. The molecule has 6 heteroatoms. The van der Waals surface area contributed by atoms with Crippen molar-refractivity contribution in [3.05, 3.63) is 71.8 Å². The second-order valence-electron chi connectivity index (χ2n) is 11.6. The number of hydrogen-bond acceptors (Lipinski definition) is 5. The largest absolute Gasteiger partial charge is 0.461 e. The van der Waals surface area contributed by atoms with Crippen molar-refractivity contribution in [3.8, 4) is 0 Å². The summed E-state index contributed by atoms with van der Waals surface area (Å²) in [5.74, 6) is -0.506. The third-order valence-corrected chi connectivity index (χ3v) is 7.70. The minimum atomic E-state index is -0.567. The van der Waals surface area contributed by atoms with Crippen LogP contribution in [0.2, 0.25) is 0 Å². The molecule has 0 aromatic heterocycles. The van der Waals surface area contributed by atoms with E-state index in [1.165, 1.54) is 57.8 Å². The minimum Gasteiger partial charge on any atom is -0.461 e. The first-order chi connectivity index (χ1) is 21.1. The molecule has 1 amide bonds. The van der Waals surface area contributed by atoms with Gasteiger partial charge in [0.1, 0.15) is 19.3 Å². The molecule has 6 nitrogen and oxygen atoms in total. The van der Waals surface area contributed by atoms with Crippen LogP contribution >= 0.6 is 0 Å². The van der Waals surface area contributed by atoms with Crippen molar-refractivity contribution in [3.63, 3.8) is 0 Å². The van der Waals surface area contributed by atoms with Crippen molar-refractivity contribution in [2.75, 3.05) is 0 Å². The van der Waals surface area contributed by atoms with Crippen molar-refractivity contribution in [1.82, 2.24) is 5.32 Å². The minimum absolute atomic E-state index is 0.0588. The molecule has 43 heavy (non-hydrogen) atoms. The van der Waals surface area contributed by atoms with Gasteiger partial charge in [0, 0.05) is 12.8 Å². The van der Waals surface area contributed by atoms with E-state index >= 15 is 0 Å². The first-order valence-corrected chi connectivity index (χ1v) is 16.8. The van der Waals surface area contributed by atoms with Gasteiger partial charge in [-0.3, -0.25) is 9.59 Å². The average Bonchev–Trinajstić information content (AvgIpc) is 3.03. The number of nitrogens with one attached hydrogen (secondary N) is 1. The van der Waals surface area contributed by atoms with Crippen molar-refractivity contribution < 1.29 is 23.9 Å². The second-order valence-corrected chi connectivity index (χ2v) is 11.6. The fourth-order valence-corrected chi connectivity index (χ4v) is 5.12. The molecule has 1 N–H and O–H groups in total. The highest BCUT2D eigenvalue weighted by Gasteiger charge is 2.21. The van der Waals surface area contributed by atoms with E-state index in [1.807, 2.05) is 67.6 Å². The van der Waals surface area contributed by atoms with Gasteiger partial charge in [-0.15, -0.1) is 0 Å². The molecule has 0 spiro atoms. The van der Waals surface area contributed by atoms with Gasteiger partial charge >= 0.3 is 11.9 Å². The number of rotatable bonds is 25. The Morgan fingerprint density at radius 3 is 1.47 bits per heavy atom. The maximum absolute atomic E-state index is 12.5. The molecular weight excluding hydrogens is 538 g/mol. The normalized spacial score (nSPS) is 11.6. The van der Waals surface area contributed by atoms with Crippen LogP contribution in [0.1, 0.15) is 134 Å². The van der Waals surface area contributed by atoms with Crippen LogP contribution in [0.3, 0.4) is 0 Å². The van der Waals surface area contributed by atoms with Gasteiger partial charge in [-0.25, -0.2) is 4.79 Å². The van der Waals surface area contributed by atoms with E-state index in [4.69, 9.17) is 9.47 Å². The summed E-state index contributed by atoms with van der Waals surface area (Å²) in [5, 5.41) is 2.89. The highest BCUT2D eigenvalue weighted by Crippen LogP contribution is 2.14. The zero-order valence-corrected chi connectivity index (χ0v) is 26.5. The lowest BCUT2D eigenvalue weighted by Crippen LogP contribution is -2.41. The Hall–Kier alpha value is -3.15. The topological polar surface area (TPSA) is 81.7 Å². The number of hydrogen-bond donors (Lipinski definition) is 1. The molecule has 1 atom stereocenters. The maximum Gasteiger partial charge on any atom is 0.328 e. The molecule has 0 saturated carbocycles. The highest BCUT2D eigenvalue weighted by atomic mass is 16.5. The van der Waals surface area contributed by atoms with E-state index in [0.29, 0.717) is 25.9 Å². The van der Waals surface area contributed by atoms with Crippen molar-refractivity contribution in [2.45, 2.75) is 142 Å². The monoisotopic (exact) mass is 593 g/mol. The fraction of sp³-hybridized carbons (Fsp3) is 0.595. The number of amides is 1. The van der Waals surface area contributed by atoms with Crippen LogP contribution in [-0.4, -0.2) is 23.9 Å². The number of esters is 2. The van der Waals surface area contributed by atoms with Gasteiger partial charge in [0.15, 0.2) is 0 Å². The molecule has 1 unspecified atom stereocenters. The van der Waals surface area contributed by atoms with Crippen LogP contribution in [0.25, 0.3) is 0 Å². The predicted octanol–water partition coefficient (Wildman–Crippen LogP) is 9.00. The molecule has 2 aromatic rings. The third kappa shape index (κ3) is 18.9. The Morgan fingerprint density at radius 1 is 0.581 bits per heavy atom. The van der Waals surface area contributed by atoms with E-state index in [-0.39, 0.29) is 24.5 Å². The van der Waals surface area contributed by atoms with Crippen LogP contribution in [0.15, 0.2) is 60.7 Å². The van der Waals surface area contributed by atoms with Crippen molar-refractivity contribution >= 4 is 17.8 Å². The van der Waals surface area contributed by atoms with E-state index in [1.54, 1.807) is 0 Å². The van der Waals surface area contributed by atoms with Crippen LogP contribution in [0, 0.1) is 0 Å². The van der Waals surface area contributed by atoms with Crippen molar-refractivity contribution in [1.29, 1.82) is 0 Å². The summed E-state index contributed by atoms with van der Waals surface area (Å²) in [5.41, 5.74) is 1.97. The van der Waals surface area contributed by atoms with E-state index in [2.05, 4.69) is 5.32 Å². The van der Waals surface area contributed by atoms with Gasteiger partial charge in [0.2, 0.25) is 5.91 Å². The molecule has 0 aliphatic carbocycles. The van der Waals surface area contributed by atoms with Gasteiger partial charge in [0.25, 0.3) is 0 Å². The average molecular weight is 594 g/mol. The Labute approximate surface area is 260 Å². The smallest absolute Gasteiger partial charge is 0.328 e. The van der Waals surface area contributed by atoms with Gasteiger partial charge in [-0.05, 0) is 30.4 Å². The zero-order valence-electron chi connectivity index (χ0n) is 26.5. The molecule has 0 heterocycles. The van der Waals surface area contributed by atoms with Crippen LogP contribution in [0.5, 0.6) is 0 Å². The summed E-state index contributed by atoms with van der Waals surface area (Å²) in [6.07, 6.45) is 18.9. The number of unbranched alkanes of at least 4 members (excludes halogenated alkanes) is 13. The Morgan fingerprint density at radius 2 is 1.00 bits per heavy atom. The summed E-state index contributed by atoms with van der Waals surface area (Å²) in [6.45, 7) is 2.60. The lowest BCUT2D eigenvalue weighted by atomic mass is 10.0. The molecule has 2 aromatic carbocycles. The number of ether oxygens (including phenoxy) is 2. The van der Waals surface area contributed by atoms with Gasteiger partial charge in [-0.2, -0.15) is 0 Å². The molecule has 0 bridgehead atoms. The zero-order chi connectivity index (χ0) is 30.8. The first kappa shape index (κ1) is 36.0. The van der Waals surface area contributed by atoms with E-state index < -0.39 is 6.04 Å². The Balaban J connectivity index is 1.34. The highest BCUT2D eigenvalue weighted by molar-refractivity contribution is 5.84. The molecule has 2 rings (SSSR count). The van der Waals surface area contributed by atoms with Gasteiger partial charge < -0.3 is 14.8 Å². The molecule has 0 aliphatic rings. The molecule has 0 aliphatic heterocycles. The van der Waals surface area contributed by atoms with Crippen LogP contribution in [-0.2, 0) is 37.1 Å². The summed E-state index contributed by atoms with van der Waals surface area (Å²) in [7, 11) is 0. The number of carbonyl (C=O) groups excluding carboxylic acids is 3. The lowest BCUT2D eigenvalue weighted by molar-refractivity contribution is -0.149. The van der Waals surface area contributed by atoms with E-state index in [9.17, 15) is 14.4 Å². The van der Waals surface area contributed by atoms with Crippen LogP contribution < -0.4 is 5.32 Å². The fourth-order valence-electron chi connectivity index (χ4n) is 5.12. The number of benzene rings is 2.